The van der Waals surface area contributed by atoms with Crippen LogP contribution < -0.4 is 0 Å². The highest BCUT2D eigenvalue weighted by molar-refractivity contribution is 14.1. The minimum Gasteiger partial charge on any atom is -0.295 e. The summed E-state index contributed by atoms with van der Waals surface area (Å²) in [4.78, 5) is 2.72. The first-order chi connectivity index (χ1) is 11.1. The first-order valence-electron chi connectivity index (χ1n) is 8.65. The number of benzene rings is 2. The second kappa shape index (κ2) is 5.89. The fraction of sp³-hybridized carbons (Fsp3) is 0.429. The molecule has 1 aliphatic heterocycles. The van der Waals surface area contributed by atoms with Crippen molar-refractivity contribution in [2.45, 2.75) is 44.7 Å². The lowest BCUT2D eigenvalue weighted by Crippen LogP contribution is -2.57. The summed E-state index contributed by atoms with van der Waals surface area (Å²) in [7, 11) is 0. The molecule has 0 N–H and O–H groups in total. The van der Waals surface area contributed by atoms with Gasteiger partial charge in [-0.1, -0.05) is 50.2 Å². The number of hydrogen-bond donors (Lipinski definition) is 0. The SMILES string of the molecule is C[C@@H]1[C@@H]2Cc3ccc(I)cc3[C@@]1(C)CCN2Cc1ccccc1. The quantitative estimate of drug-likeness (QED) is 0.621. The van der Waals surface area contributed by atoms with Crippen molar-refractivity contribution in [2.24, 2.45) is 5.92 Å². The van der Waals surface area contributed by atoms with Crippen LogP contribution in [0.25, 0.3) is 0 Å². The van der Waals surface area contributed by atoms with Crippen LogP contribution in [-0.4, -0.2) is 17.5 Å². The number of piperidine rings is 1. The summed E-state index contributed by atoms with van der Waals surface area (Å²) in [6, 6.07) is 18.7. The molecule has 23 heavy (non-hydrogen) atoms. The lowest BCUT2D eigenvalue weighted by atomic mass is 9.59. The third-order valence-corrected chi connectivity index (χ3v) is 6.99. The number of halogens is 1. The molecule has 3 atom stereocenters. The van der Waals surface area contributed by atoms with Gasteiger partial charge in [-0.05, 0) is 82.1 Å². The molecule has 1 heterocycles. The maximum Gasteiger partial charge on any atom is 0.0236 e. The van der Waals surface area contributed by atoms with E-state index in [2.05, 4.69) is 89.9 Å². The van der Waals surface area contributed by atoms with Gasteiger partial charge in [0.05, 0.1) is 0 Å². The summed E-state index contributed by atoms with van der Waals surface area (Å²) in [5, 5.41) is 0. The molecule has 2 aliphatic rings. The van der Waals surface area contributed by atoms with Crippen LogP contribution in [0.3, 0.4) is 0 Å². The van der Waals surface area contributed by atoms with Crippen molar-refractivity contribution in [1.29, 1.82) is 0 Å². The summed E-state index contributed by atoms with van der Waals surface area (Å²) in [5.74, 6) is 0.714. The van der Waals surface area contributed by atoms with Crippen LogP contribution in [0.4, 0.5) is 0 Å². The zero-order chi connectivity index (χ0) is 16.0. The van der Waals surface area contributed by atoms with E-state index in [1.54, 1.807) is 11.1 Å². The van der Waals surface area contributed by atoms with E-state index in [0.29, 0.717) is 17.4 Å². The highest BCUT2D eigenvalue weighted by atomic mass is 127. The Balaban J connectivity index is 1.67. The maximum absolute atomic E-state index is 2.72. The highest BCUT2D eigenvalue weighted by Crippen LogP contribution is 2.49. The molecule has 0 unspecified atom stereocenters. The Labute approximate surface area is 153 Å². The molecule has 0 radical (unpaired) electrons. The zero-order valence-electron chi connectivity index (χ0n) is 13.9. The first kappa shape index (κ1) is 15.6. The van der Waals surface area contributed by atoms with Gasteiger partial charge >= 0.3 is 0 Å². The van der Waals surface area contributed by atoms with Crippen LogP contribution >= 0.6 is 22.6 Å². The maximum atomic E-state index is 2.72. The van der Waals surface area contributed by atoms with Crippen LogP contribution in [0.2, 0.25) is 0 Å². The molecule has 0 aromatic heterocycles. The van der Waals surface area contributed by atoms with Gasteiger partial charge in [0.25, 0.3) is 0 Å². The molecular weight excluding hydrogens is 393 g/mol. The molecule has 2 aromatic carbocycles. The second-order valence-electron chi connectivity index (χ2n) is 7.49. The lowest BCUT2D eigenvalue weighted by Gasteiger charge is -2.54. The van der Waals surface area contributed by atoms with Gasteiger partial charge < -0.3 is 0 Å². The molecule has 2 heteroatoms. The topological polar surface area (TPSA) is 3.24 Å². The zero-order valence-corrected chi connectivity index (χ0v) is 16.1. The van der Waals surface area contributed by atoms with Crippen molar-refractivity contribution >= 4 is 22.6 Å². The largest absolute Gasteiger partial charge is 0.295 e. The van der Waals surface area contributed by atoms with E-state index >= 15 is 0 Å². The number of fused-ring (bicyclic) bond motifs is 4. The minimum atomic E-state index is 0.340. The lowest BCUT2D eigenvalue weighted by molar-refractivity contribution is 0.0258. The summed E-state index contributed by atoms with van der Waals surface area (Å²) in [6.07, 6.45) is 2.47. The van der Waals surface area contributed by atoms with Gasteiger partial charge in [-0.3, -0.25) is 4.90 Å². The van der Waals surface area contributed by atoms with E-state index < -0.39 is 0 Å². The molecule has 0 spiro atoms. The Hall–Kier alpha value is -0.870. The summed E-state index contributed by atoms with van der Waals surface area (Å²) in [5.41, 5.74) is 4.98. The molecule has 1 saturated heterocycles. The van der Waals surface area contributed by atoms with Crippen molar-refractivity contribution in [3.05, 3.63) is 68.8 Å². The van der Waals surface area contributed by atoms with Crippen molar-refractivity contribution < 1.29 is 0 Å². The highest BCUT2D eigenvalue weighted by Gasteiger charge is 2.48. The van der Waals surface area contributed by atoms with Crippen molar-refractivity contribution in [2.75, 3.05) is 6.54 Å². The molecule has 1 fully saturated rings. The van der Waals surface area contributed by atoms with E-state index in [-0.39, 0.29) is 0 Å². The second-order valence-corrected chi connectivity index (χ2v) is 8.73. The van der Waals surface area contributed by atoms with Crippen molar-refractivity contribution in [3.63, 3.8) is 0 Å². The van der Waals surface area contributed by atoms with Crippen LogP contribution in [0.1, 0.15) is 37.0 Å². The molecule has 2 aromatic rings. The van der Waals surface area contributed by atoms with Crippen LogP contribution in [0.15, 0.2) is 48.5 Å². The molecule has 0 amide bonds. The summed E-state index contributed by atoms with van der Waals surface area (Å²) in [6.45, 7) is 7.28. The Bertz CT molecular complexity index is 711. The van der Waals surface area contributed by atoms with E-state index in [1.807, 2.05) is 0 Å². The fourth-order valence-electron chi connectivity index (χ4n) is 4.69. The number of rotatable bonds is 2. The Kier molecular flexibility index (Phi) is 4.01. The van der Waals surface area contributed by atoms with Crippen molar-refractivity contribution in [1.82, 2.24) is 4.90 Å². The standard InChI is InChI=1S/C21H24IN/c1-15-20-12-17-8-9-18(22)13-19(17)21(15,2)10-11-23(20)14-16-6-4-3-5-7-16/h3-9,13,15,20H,10-12,14H2,1-2H3/t15-,20+,21+/m1/s1. The molecular formula is C21H24IN. The molecule has 2 bridgehead atoms. The summed E-state index contributed by atoms with van der Waals surface area (Å²) < 4.78 is 1.37. The van der Waals surface area contributed by atoms with Crippen LogP contribution in [0.5, 0.6) is 0 Å². The van der Waals surface area contributed by atoms with Crippen molar-refractivity contribution in [3.8, 4) is 0 Å². The normalized spacial score (nSPS) is 30.0. The number of hydrogen-bond acceptors (Lipinski definition) is 1. The predicted molar refractivity (Wildman–Crippen MR) is 105 cm³/mol. The molecule has 4 rings (SSSR count). The van der Waals surface area contributed by atoms with Gasteiger partial charge in [0, 0.05) is 16.2 Å². The third-order valence-electron chi connectivity index (χ3n) is 6.31. The number of nitrogens with zero attached hydrogens (tertiary/aromatic N) is 1. The van der Waals surface area contributed by atoms with Crippen LogP contribution in [-0.2, 0) is 18.4 Å². The fourth-order valence-corrected chi connectivity index (χ4v) is 5.19. The Morgan fingerprint density at radius 1 is 1.17 bits per heavy atom. The molecule has 120 valence electrons. The first-order valence-corrected chi connectivity index (χ1v) is 9.73. The third kappa shape index (κ3) is 2.64. The van der Waals surface area contributed by atoms with E-state index in [1.165, 1.54) is 28.5 Å². The van der Waals surface area contributed by atoms with Gasteiger partial charge in [-0.25, -0.2) is 0 Å². The van der Waals surface area contributed by atoms with Gasteiger partial charge in [-0.15, -0.1) is 0 Å². The Morgan fingerprint density at radius 3 is 2.74 bits per heavy atom. The minimum absolute atomic E-state index is 0.340. The number of likely N-dealkylation sites (tertiary alicyclic amines) is 1. The Morgan fingerprint density at radius 2 is 1.96 bits per heavy atom. The van der Waals surface area contributed by atoms with Gasteiger partial charge in [0.2, 0.25) is 0 Å². The monoisotopic (exact) mass is 417 g/mol. The van der Waals surface area contributed by atoms with E-state index in [4.69, 9.17) is 0 Å². The average molecular weight is 417 g/mol. The molecule has 0 saturated carbocycles. The van der Waals surface area contributed by atoms with E-state index in [9.17, 15) is 0 Å². The molecule has 1 aliphatic carbocycles. The predicted octanol–water partition coefficient (Wildman–Crippen LogP) is 5.02. The van der Waals surface area contributed by atoms with Gasteiger partial charge in [-0.2, -0.15) is 0 Å². The average Bonchev–Trinajstić information content (AvgIpc) is 2.55. The molecule has 1 nitrogen and oxygen atoms in total. The smallest absolute Gasteiger partial charge is 0.0236 e. The summed E-state index contributed by atoms with van der Waals surface area (Å²) >= 11 is 2.46. The van der Waals surface area contributed by atoms with E-state index in [0.717, 1.165) is 6.54 Å². The van der Waals surface area contributed by atoms with Gasteiger partial charge in [0.15, 0.2) is 0 Å². The van der Waals surface area contributed by atoms with Crippen LogP contribution in [0, 0.1) is 9.49 Å². The van der Waals surface area contributed by atoms with Gasteiger partial charge in [0.1, 0.15) is 0 Å².